The van der Waals surface area contributed by atoms with Gasteiger partial charge in [-0.25, -0.2) is 4.79 Å². The molecule has 3 aromatic carbocycles. The van der Waals surface area contributed by atoms with Gasteiger partial charge in [0.15, 0.2) is 0 Å². The maximum absolute atomic E-state index is 13.6. The van der Waals surface area contributed by atoms with E-state index in [1.165, 1.54) is 0 Å². The minimum absolute atomic E-state index is 0.206. The summed E-state index contributed by atoms with van der Waals surface area (Å²) in [6.45, 7) is 2.00. The molecule has 4 rings (SSSR count). The smallest absolute Gasteiger partial charge is 0.340 e. The average Bonchev–Trinajstić information content (AvgIpc) is 2.80. The molecule has 0 saturated carbocycles. The third kappa shape index (κ3) is 3.35. The summed E-state index contributed by atoms with van der Waals surface area (Å²) in [4.78, 5) is 26.7. The molecule has 0 bridgehead atoms. The van der Waals surface area contributed by atoms with Crippen molar-refractivity contribution < 1.29 is 14.3 Å². The molecule has 5 heteroatoms. The Hall–Kier alpha value is -3.86. The Kier molecular flexibility index (Phi) is 5.35. The number of benzene rings is 3. The first-order valence-corrected chi connectivity index (χ1v) is 9.70. The van der Waals surface area contributed by atoms with E-state index in [0.717, 1.165) is 5.56 Å². The lowest BCUT2D eigenvalue weighted by Gasteiger charge is -2.19. The number of hydrogen-bond acceptors (Lipinski definition) is 4. The molecule has 0 saturated heterocycles. The van der Waals surface area contributed by atoms with Gasteiger partial charge in [0.1, 0.15) is 5.75 Å². The van der Waals surface area contributed by atoms with E-state index in [2.05, 4.69) is 0 Å². The SMILES string of the molecule is CCOC(=O)c1c(-c2ccccc2)n(-c2ccc(OC)cc2)c(=O)c2ccccc12. The molecule has 1 aromatic heterocycles. The van der Waals surface area contributed by atoms with Crippen LogP contribution in [0.3, 0.4) is 0 Å². The highest BCUT2D eigenvalue weighted by atomic mass is 16.5. The van der Waals surface area contributed by atoms with Crippen LogP contribution in [0.1, 0.15) is 17.3 Å². The summed E-state index contributed by atoms with van der Waals surface area (Å²) in [5, 5.41) is 1.03. The van der Waals surface area contributed by atoms with Crippen LogP contribution in [0.2, 0.25) is 0 Å². The molecule has 0 atom stereocenters. The first-order chi connectivity index (χ1) is 14.7. The highest BCUT2D eigenvalue weighted by Crippen LogP contribution is 2.31. The summed E-state index contributed by atoms with van der Waals surface area (Å²) in [6, 6.07) is 23.7. The molecule has 150 valence electrons. The maximum atomic E-state index is 13.6. The standard InChI is InChI=1S/C25H21NO4/c1-3-30-25(28)22-20-11-7-8-12-21(20)24(27)26(18-13-15-19(29-2)16-14-18)23(22)17-9-5-4-6-10-17/h4-16H,3H2,1-2H3. The minimum Gasteiger partial charge on any atom is -0.497 e. The molecule has 0 radical (unpaired) electrons. The zero-order valence-electron chi connectivity index (χ0n) is 16.8. The number of carbonyl (C=O) groups is 1. The number of nitrogens with zero attached hydrogens (tertiary/aromatic N) is 1. The first kappa shape index (κ1) is 19.5. The summed E-state index contributed by atoms with van der Waals surface area (Å²) < 4.78 is 12.2. The van der Waals surface area contributed by atoms with E-state index in [4.69, 9.17) is 9.47 Å². The number of fused-ring (bicyclic) bond motifs is 1. The molecule has 4 aromatic rings. The van der Waals surface area contributed by atoms with Gasteiger partial charge in [-0.05, 0) is 42.8 Å². The van der Waals surface area contributed by atoms with Crippen molar-refractivity contribution >= 4 is 16.7 Å². The molecule has 0 spiro atoms. The number of aromatic nitrogens is 1. The molecular formula is C25H21NO4. The van der Waals surface area contributed by atoms with Crippen molar-refractivity contribution in [2.24, 2.45) is 0 Å². The zero-order chi connectivity index (χ0) is 21.1. The van der Waals surface area contributed by atoms with E-state index in [-0.39, 0.29) is 12.2 Å². The second-order valence-electron chi connectivity index (χ2n) is 6.69. The minimum atomic E-state index is -0.463. The first-order valence-electron chi connectivity index (χ1n) is 9.70. The Bertz CT molecular complexity index is 1260. The molecule has 30 heavy (non-hydrogen) atoms. The van der Waals surface area contributed by atoms with Crippen molar-refractivity contribution in [3.8, 4) is 22.7 Å². The van der Waals surface area contributed by atoms with Crippen LogP contribution in [0.15, 0.2) is 83.7 Å². The topological polar surface area (TPSA) is 57.5 Å². The van der Waals surface area contributed by atoms with Crippen LogP contribution in [0.25, 0.3) is 27.7 Å². The van der Waals surface area contributed by atoms with Gasteiger partial charge in [0.25, 0.3) is 5.56 Å². The Balaban J connectivity index is 2.17. The molecule has 0 aliphatic heterocycles. The van der Waals surface area contributed by atoms with Crippen LogP contribution < -0.4 is 10.3 Å². The number of carbonyl (C=O) groups excluding carboxylic acids is 1. The Morgan fingerprint density at radius 1 is 0.867 bits per heavy atom. The van der Waals surface area contributed by atoms with Crippen LogP contribution >= 0.6 is 0 Å². The quantitative estimate of drug-likeness (QED) is 0.451. The van der Waals surface area contributed by atoms with Crippen molar-refractivity contribution in [1.82, 2.24) is 4.57 Å². The number of pyridine rings is 1. The van der Waals surface area contributed by atoms with E-state index in [9.17, 15) is 9.59 Å². The fourth-order valence-corrected chi connectivity index (χ4v) is 3.61. The summed E-state index contributed by atoms with van der Waals surface area (Å²) in [6.07, 6.45) is 0. The lowest BCUT2D eigenvalue weighted by Crippen LogP contribution is -2.24. The van der Waals surface area contributed by atoms with Crippen LogP contribution in [0, 0.1) is 0 Å². The fourth-order valence-electron chi connectivity index (χ4n) is 3.61. The van der Waals surface area contributed by atoms with Crippen LogP contribution in [0.4, 0.5) is 0 Å². The second kappa shape index (κ2) is 8.25. The van der Waals surface area contributed by atoms with E-state index in [1.54, 1.807) is 61.1 Å². The predicted molar refractivity (Wildman–Crippen MR) is 117 cm³/mol. The molecule has 0 fully saturated rings. The molecule has 1 heterocycles. The molecule has 0 aliphatic rings. The molecular weight excluding hydrogens is 378 g/mol. The number of methoxy groups -OCH3 is 1. The van der Waals surface area contributed by atoms with Gasteiger partial charge >= 0.3 is 5.97 Å². The van der Waals surface area contributed by atoms with E-state index in [1.807, 2.05) is 36.4 Å². The van der Waals surface area contributed by atoms with Crippen LogP contribution in [0.5, 0.6) is 5.75 Å². The van der Waals surface area contributed by atoms with Gasteiger partial charge in [0.2, 0.25) is 0 Å². The van der Waals surface area contributed by atoms with E-state index in [0.29, 0.717) is 33.5 Å². The summed E-state index contributed by atoms with van der Waals surface area (Å²) in [5.41, 5.74) is 2.05. The third-order valence-corrected chi connectivity index (χ3v) is 4.95. The molecule has 0 unspecified atom stereocenters. The predicted octanol–water partition coefficient (Wildman–Crippen LogP) is 4.84. The van der Waals surface area contributed by atoms with Gasteiger partial charge in [-0.1, -0.05) is 48.5 Å². The van der Waals surface area contributed by atoms with Gasteiger partial charge in [-0.2, -0.15) is 0 Å². The summed E-state index contributed by atoms with van der Waals surface area (Å²) >= 11 is 0. The van der Waals surface area contributed by atoms with Crippen molar-refractivity contribution in [2.45, 2.75) is 6.92 Å². The molecule has 0 amide bonds. The van der Waals surface area contributed by atoms with Crippen LogP contribution in [-0.2, 0) is 4.74 Å². The van der Waals surface area contributed by atoms with Gasteiger partial charge in [0.05, 0.1) is 25.0 Å². The number of rotatable bonds is 5. The average molecular weight is 399 g/mol. The summed E-state index contributed by atoms with van der Waals surface area (Å²) in [5.74, 6) is 0.217. The van der Waals surface area contributed by atoms with Gasteiger partial charge in [0, 0.05) is 16.5 Å². The third-order valence-electron chi connectivity index (χ3n) is 4.95. The van der Waals surface area contributed by atoms with E-state index >= 15 is 0 Å². The largest absolute Gasteiger partial charge is 0.497 e. The molecule has 0 N–H and O–H groups in total. The lowest BCUT2D eigenvalue weighted by atomic mass is 9.98. The zero-order valence-corrected chi connectivity index (χ0v) is 16.8. The maximum Gasteiger partial charge on any atom is 0.340 e. The highest BCUT2D eigenvalue weighted by molar-refractivity contribution is 6.09. The molecule has 0 aliphatic carbocycles. The fraction of sp³-hybridized carbons (Fsp3) is 0.120. The Morgan fingerprint density at radius 3 is 2.13 bits per heavy atom. The van der Waals surface area contributed by atoms with Gasteiger partial charge in [-0.15, -0.1) is 0 Å². The summed E-state index contributed by atoms with van der Waals surface area (Å²) in [7, 11) is 1.59. The monoisotopic (exact) mass is 399 g/mol. The second-order valence-corrected chi connectivity index (χ2v) is 6.69. The van der Waals surface area contributed by atoms with Crippen molar-refractivity contribution in [3.63, 3.8) is 0 Å². The van der Waals surface area contributed by atoms with E-state index < -0.39 is 5.97 Å². The normalized spacial score (nSPS) is 10.7. The van der Waals surface area contributed by atoms with Crippen molar-refractivity contribution in [1.29, 1.82) is 0 Å². The number of hydrogen-bond donors (Lipinski definition) is 0. The van der Waals surface area contributed by atoms with Gasteiger partial charge in [-0.3, -0.25) is 9.36 Å². The number of esters is 1. The Morgan fingerprint density at radius 2 is 1.50 bits per heavy atom. The Labute approximate surface area is 174 Å². The van der Waals surface area contributed by atoms with Gasteiger partial charge < -0.3 is 9.47 Å². The lowest BCUT2D eigenvalue weighted by molar-refractivity contribution is 0.0529. The highest BCUT2D eigenvalue weighted by Gasteiger charge is 2.24. The van der Waals surface area contributed by atoms with Crippen molar-refractivity contribution in [3.05, 3.63) is 94.8 Å². The van der Waals surface area contributed by atoms with Crippen molar-refractivity contribution in [2.75, 3.05) is 13.7 Å². The molecule has 5 nitrogen and oxygen atoms in total. The van der Waals surface area contributed by atoms with Crippen LogP contribution in [-0.4, -0.2) is 24.3 Å². The number of ether oxygens (including phenoxy) is 2.